The number of anilines is 2. The van der Waals surface area contributed by atoms with Crippen LogP contribution in [0.1, 0.15) is 5.56 Å². The van der Waals surface area contributed by atoms with Gasteiger partial charge in [0.1, 0.15) is 24.9 Å². The van der Waals surface area contributed by atoms with Crippen LogP contribution in [0, 0.1) is 11.3 Å². The van der Waals surface area contributed by atoms with Gasteiger partial charge in [-0.25, -0.2) is 4.79 Å². The lowest BCUT2D eigenvalue weighted by molar-refractivity contribution is -0.142. The first kappa shape index (κ1) is 20.7. The zero-order chi connectivity index (χ0) is 21.5. The van der Waals surface area contributed by atoms with Gasteiger partial charge < -0.3 is 24.4 Å². The molecule has 3 rings (SSSR count). The number of hydrogen-bond donors (Lipinski definition) is 1. The van der Waals surface area contributed by atoms with E-state index in [1.165, 1.54) is 6.08 Å². The number of rotatable bonds is 6. The Labute approximate surface area is 174 Å². The number of amides is 1. The Hall–Kier alpha value is -3.99. The van der Waals surface area contributed by atoms with Crippen molar-refractivity contribution in [1.29, 1.82) is 5.26 Å². The van der Waals surface area contributed by atoms with Crippen molar-refractivity contribution < 1.29 is 23.8 Å². The number of carbonyl (C=O) groups is 2. The largest absolute Gasteiger partial charge is 0.486 e. The minimum absolute atomic E-state index is 0.195. The molecule has 0 saturated heterocycles. The highest BCUT2D eigenvalue weighted by atomic mass is 16.6. The Balaban J connectivity index is 1.56. The minimum atomic E-state index is -0.869. The zero-order valence-corrected chi connectivity index (χ0v) is 16.7. The number of benzene rings is 2. The van der Waals surface area contributed by atoms with Gasteiger partial charge in [-0.1, -0.05) is 12.1 Å². The second-order valence-electron chi connectivity index (χ2n) is 6.64. The van der Waals surface area contributed by atoms with Crippen molar-refractivity contribution in [2.45, 2.75) is 0 Å². The topological polar surface area (TPSA) is 101 Å². The van der Waals surface area contributed by atoms with Gasteiger partial charge >= 0.3 is 5.97 Å². The minimum Gasteiger partial charge on any atom is -0.486 e. The van der Waals surface area contributed by atoms with E-state index in [2.05, 4.69) is 5.32 Å². The second kappa shape index (κ2) is 9.47. The molecule has 0 saturated carbocycles. The van der Waals surface area contributed by atoms with Crippen LogP contribution in [-0.2, 0) is 14.3 Å². The number of nitrogens with one attached hydrogen (secondary N) is 1. The van der Waals surface area contributed by atoms with E-state index in [-0.39, 0.29) is 5.57 Å². The molecule has 30 heavy (non-hydrogen) atoms. The van der Waals surface area contributed by atoms with Gasteiger partial charge in [0, 0.05) is 31.5 Å². The molecule has 1 N–H and O–H groups in total. The van der Waals surface area contributed by atoms with Crippen molar-refractivity contribution in [3.8, 4) is 17.6 Å². The maximum Gasteiger partial charge on any atom is 0.349 e. The highest BCUT2D eigenvalue weighted by Crippen LogP contribution is 2.32. The van der Waals surface area contributed by atoms with Gasteiger partial charge in [0.05, 0.1) is 0 Å². The Bertz CT molecular complexity index is 1010. The van der Waals surface area contributed by atoms with E-state index >= 15 is 0 Å². The molecule has 0 atom stereocenters. The molecule has 0 fully saturated rings. The van der Waals surface area contributed by atoms with Crippen LogP contribution < -0.4 is 19.7 Å². The molecule has 0 bridgehead atoms. The van der Waals surface area contributed by atoms with Gasteiger partial charge in [0.15, 0.2) is 18.1 Å². The van der Waals surface area contributed by atoms with Crippen LogP contribution >= 0.6 is 0 Å². The summed E-state index contributed by atoms with van der Waals surface area (Å²) in [6.07, 6.45) is 1.42. The van der Waals surface area contributed by atoms with E-state index in [9.17, 15) is 14.9 Å². The predicted molar refractivity (Wildman–Crippen MR) is 111 cm³/mol. The molecule has 0 aromatic heterocycles. The summed E-state index contributed by atoms with van der Waals surface area (Å²) in [5.41, 5.74) is 1.95. The molecule has 1 amide bonds. The van der Waals surface area contributed by atoms with Crippen LogP contribution in [0.4, 0.5) is 11.4 Å². The molecule has 2 aromatic carbocycles. The van der Waals surface area contributed by atoms with Crippen LogP contribution in [0.25, 0.3) is 6.08 Å². The van der Waals surface area contributed by atoms with Crippen LogP contribution in [-0.4, -0.2) is 45.8 Å². The first-order chi connectivity index (χ1) is 14.5. The third kappa shape index (κ3) is 5.29. The van der Waals surface area contributed by atoms with E-state index in [1.54, 1.807) is 30.3 Å². The van der Waals surface area contributed by atoms with Crippen molar-refractivity contribution in [2.75, 3.05) is 44.1 Å². The smallest absolute Gasteiger partial charge is 0.349 e. The highest BCUT2D eigenvalue weighted by Gasteiger charge is 2.15. The average Bonchev–Trinajstić information content (AvgIpc) is 2.76. The Kier molecular flexibility index (Phi) is 6.55. The van der Waals surface area contributed by atoms with Gasteiger partial charge in [0.25, 0.3) is 5.91 Å². The number of esters is 1. The first-order valence-corrected chi connectivity index (χ1v) is 9.22. The average molecular weight is 407 g/mol. The second-order valence-corrected chi connectivity index (χ2v) is 6.64. The van der Waals surface area contributed by atoms with Gasteiger partial charge in [-0.3, -0.25) is 4.79 Å². The molecule has 0 radical (unpaired) electrons. The lowest BCUT2D eigenvalue weighted by Crippen LogP contribution is -2.21. The zero-order valence-electron chi connectivity index (χ0n) is 16.7. The molecule has 0 unspecified atom stereocenters. The van der Waals surface area contributed by atoms with E-state index in [1.807, 2.05) is 37.2 Å². The fraction of sp³-hybridized carbons (Fsp3) is 0.227. The Morgan fingerprint density at radius 3 is 2.50 bits per heavy atom. The van der Waals surface area contributed by atoms with Crippen LogP contribution in [0.2, 0.25) is 0 Å². The summed E-state index contributed by atoms with van der Waals surface area (Å²) in [5, 5.41) is 11.9. The van der Waals surface area contributed by atoms with Gasteiger partial charge in [-0.15, -0.1) is 0 Å². The molecule has 8 nitrogen and oxygen atoms in total. The summed E-state index contributed by atoms with van der Waals surface area (Å²) >= 11 is 0. The Morgan fingerprint density at radius 2 is 1.83 bits per heavy atom. The van der Waals surface area contributed by atoms with Crippen LogP contribution in [0.5, 0.6) is 11.5 Å². The standard InChI is InChI=1S/C22H21N3O5/c1-25(2)18-6-3-15(4-7-18)11-16(13-23)22(27)30-14-21(26)24-17-5-8-19-20(12-17)29-10-9-28-19/h3-8,11-12H,9-10,14H2,1-2H3,(H,24,26)/b16-11+. The number of carbonyl (C=O) groups excluding carboxylic acids is 2. The lowest BCUT2D eigenvalue weighted by Gasteiger charge is -2.19. The maximum absolute atomic E-state index is 12.2. The van der Waals surface area contributed by atoms with Crippen LogP contribution in [0.15, 0.2) is 48.0 Å². The lowest BCUT2D eigenvalue weighted by atomic mass is 10.1. The first-order valence-electron chi connectivity index (χ1n) is 9.22. The monoisotopic (exact) mass is 407 g/mol. The maximum atomic E-state index is 12.2. The summed E-state index contributed by atoms with van der Waals surface area (Å²) in [6, 6.07) is 14.1. The SMILES string of the molecule is CN(C)c1ccc(/C=C(\C#N)C(=O)OCC(=O)Nc2ccc3c(c2)OCCO3)cc1. The van der Waals surface area contributed by atoms with Gasteiger partial charge in [0.2, 0.25) is 0 Å². The van der Waals surface area contributed by atoms with E-state index in [4.69, 9.17) is 14.2 Å². The summed E-state index contributed by atoms with van der Waals surface area (Å²) in [4.78, 5) is 26.2. The van der Waals surface area contributed by atoms with E-state index < -0.39 is 18.5 Å². The fourth-order valence-corrected chi connectivity index (χ4v) is 2.70. The van der Waals surface area contributed by atoms with Crippen molar-refractivity contribution >= 4 is 29.3 Å². The van der Waals surface area contributed by atoms with Crippen LogP contribution in [0.3, 0.4) is 0 Å². The highest BCUT2D eigenvalue weighted by molar-refractivity contribution is 6.00. The molecule has 0 spiro atoms. The molecule has 1 aliphatic rings. The third-order valence-electron chi connectivity index (χ3n) is 4.22. The molecular formula is C22H21N3O5. The number of nitrogens with zero attached hydrogens (tertiary/aromatic N) is 2. The molecule has 1 aliphatic heterocycles. The number of ether oxygens (including phenoxy) is 3. The summed E-state index contributed by atoms with van der Waals surface area (Å²) in [6.45, 7) is 0.387. The van der Waals surface area contributed by atoms with Crippen molar-refractivity contribution in [3.63, 3.8) is 0 Å². The quantitative estimate of drug-likeness (QED) is 0.446. The predicted octanol–water partition coefficient (Wildman–Crippen LogP) is 2.61. The molecular weight excluding hydrogens is 386 g/mol. The molecule has 0 aliphatic carbocycles. The van der Waals surface area contributed by atoms with Crippen molar-refractivity contribution in [2.24, 2.45) is 0 Å². The molecule has 8 heteroatoms. The summed E-state index contributed by atoms with van der Waals surface area (Å²) in [7, 11) is 3.83. The molecule has 154 valence electrons. The van der Waals surface area contributed by atoms with Gasteiger partial charge in [-0.05, 0) is 35.9 Å². The number of nitriles is 1. The van der Waals surface area contributed by atoms with Crippen molar-refractivity contribution in [1.82, 2.24) is 0 Å². The summed E-state index contributed by atoms with van der Waals surface area (Å²) < 4.78 is 15.9. The molecule has 1 heterocycles. The summed E-state index contributed by atoms with van der Waals surface area (Å²) in [5.74, 6) is -0.265. The van der Waals surface area contributed by atoms with E-state index in [0.717, 1.165) is 5.69 Å². The Morgan fingerprint density at radius 1 is 1.13 bits per heavy atom. The van der Waals surface area contributed by atoms with Crippen molar-refractivity contribution in [3.05, 3.63) is 53.6 Å². The normalized spacial score (nSPS) is 12.5. The molecule has 2 aromatic rings. The third-order valence-corrected chi connectivity index (χ3v) is 4.22. The van der Waals surface area contributed by atoms with Gasteiger partial charge in [-0.2, -0.15) is 5.26 Å². The fourth-order valence-electron chi connectivity index (χ4n) is 2.70. The van der Waals surface area contributed by atoms with E-state index in [0.29, 0.717) is 36.0 Å². The number of hydrogen-bond acceptors (Lipinski definition) is 7. The number of fused-ring (bicyclic) bond motifs is 1.